The van der Waals surface area contributed by atoms with Crippen molar-refractivity contribution >= 4 is 29.0 Å². The van der Waals surface area contributed by atoms with E-state index in [1.807, 2.05) is 49.4 Å². The van der Waals surface area contributed by atoms with Gasteiger partial charge in [0.1, 0.15) is 16.8 Å². The average molecular weight is 482 g/mol. The van der Waals surface area contributed by atoms with Crippen molar-refractivity contribution in [3.63, 3.8) is 0 Å². The minimum Gasteiger partial charge on any atom is -0.325 e. The third-order valence-corrected chi connectivity index (χ3v) is 8.66. The molecule has 2 saturated heterocycles. The number of amides is 2. The summed E-state index contributed by atoms with van der Waals surface area (Å²) in [5, 5.41) is 6.08. The molecule has 3 aromatic carbocycles. The lowest BCUT2D eigenvalue weighted by Gasteiger charge is -2.43. The van der Waals surface area contributed by atoms with Gasteiger partial charge in [0, 0.05) is 28.5 Å². The van der Waals surface area contributed by atoms with E-state index in [2.05, 4.69) is 15.5 Å². The molecule has 7 heteroatoms. The van der Waals surface area contributed by atoms with E-state index in [1.165, 1.54) is 24.3 Å². The Morgan fingerprint density at radius 3 is 2.47 bits per heavy atom. The van der Waals surface area contributed by atoms with Crippen molar-refractivity contribution in [2.75, 3.05) is 17.2 Å². The van der Waals surface area contributed by atoms with Crippen molar-refractivity contribution in [2.45, 2.75) is 36.8 Å². The quantitative estimate of drug-likeness (QED) is 0.539. The highest BCUT2D eigenvalue weighted by Crippen LogP contribution is 2.67. The molecule has 0 aliphatic carbocycles. The highest BCUT2D eigenvalue weighted by atomic mass is 19.1. The number of ketones is 1. The molecular formula is C29H24FN3O3. The minimum atomic E-state index is -1.48. The largest absolute Gasteiger partial charge is 0.325 e. The Kier molecular flexibility index (Phi) is 4.23. The number of anilines is 2. The van der Waals surface area contributed by atoms with E-state index in [4.69, 9.17) is 0 Å². The molecule has 0 unspecified atom stereocenters. The predicted octanol–water partition coefficient (Wildman–Crippen LogP) is 4.15. The summed E-state index contributed by atoms with van der Waals surface area (Å²) in [5.41, 5.74) is 1.13. The second-order valence-corrected chi connectivity index (χ2v) is 10.3. The second kappa shape index (κ2) is 7.11. The zero-order valence-corrected chi connectivity index (χ0v) is 19.7. The van der Waals surface area contributed by atoms with E-state index in [1.54, 1.807) is 0 Å². The number of aryl methyl sites for hydroxylation is 1. The number of carbonyl (C=O) groups excluding carboxylic acids is 3. The van der Waals surface area contributed by atoms with Crippen molar-refractivity contribution in [3.8, 4) is 0 Å². The fourth-order valence-corrected chi connectivity index (χ4v) is 7.49. The highest BCUT2D eigenvalue weighted by molar-refractivity contribution is 6.21. The Hall–Kier alpha value is -3.84. The lowest BCUT2D eigenvalue weighted by Crippen LogP contribution is -2.62. The molecule has 2 N–H and O–H groups in total. The van der Waals surface area contributed by atoms with Crippen molar-refractivity contribution in [1.29, 1.82) is 0 Å². The van der Waals surface area contributed by atoms with Gasteiger partial charge in [-0.2, -0.15) is 0 Å². The topological polar surface area (TPSA) is 78.5 Å². The molecule has 7 rings (SSSR count). The molecule has 3 aromatic rings. The van der Waals surface area contributed by atoms with E-state index >= 15 is 0 Å². The monoisotopic (exact) mass is 481 g/mol. The molecule has 0 saturated carbocycles. The molecule has 0 radical (unpaired) electrons. The number of hydrogen-bond donors (Lipinski definition) is 2. The van der Waals surface area contributed by atoms with Gasteiger partial charge in [-0.25, -0.2) is 4.39 Å². The summed E-state index contributed by atoms with van der Waals surface area (Å²) in [5.74, 6) is -2.13. The SMILES string of the molecule is Cc1ccc2c(c1)[C@]1(C(=O)N2)N2CCC[C@H]2[C@@H](C(=O)c2ccc(F)cc2)[C@]12C(=O)Nc1ccccc12. The maximum Gasteiger partial charge on any atom is 0.251 e. The van der Waals surface area contributed by atoms with Crippen molar-refractivity contribution < 1.29 is 18.8 Å². The number of para-hydroxylation sites is 1. The lowest BCUT2D eigenvalue weighted by atomic mass is 9.57. The fraction of sp³-hybridized carbons (Fsp3) is 0.276. The molecule has 4 aliphatic rings. The van der Waals surface area contributed by atoms with E-state index in [9.17, 15) is 18.8 Å². The number of benzene rings is 3. The first-order valence-corrected chi connectivity index (χ1v) is 12.3. The number of nitrogens with one attached hydrogen (secondary N) is 2. The Morgan fingerprint density at radius 1 is 0.944 bits per heavy atom. The van der Waals surface area contributed by atoms with Crippen LogP contribution in [0.4, 0.5) is 15.8 Å². The summed E-state index contributed by atoms with van der Waals surface area (Å²) < 4.78 is 13.8. The predicted molar refractivity (Wildman–Crippen MR) is 132 cm³/mol. The number of nitrogens with zero attached hydrogens (tertiary/aromatic N) is 1. The summed E-state index contributed by atoms with van der Waals surface area (Å²) in [6, 6.07) is 18.3. The lowest BCUT2D eigenvalue weighted by molar-refractivity contribution is -0.137. The van der Waals surface area contributed by atoms with Crippen LogP contribution in [0.5, 0.6) is 0 Å². The summed E-state index contributed by atoms with van der Waals surface area (Å²) in [6.45, 7) is 2.56. The van der Waals surface area contributed by atoms with Crippen molar-refractivity contribution in [2.24, 2.45) is 5.92 Å². The summed E-state index contributed by atoms with van der Waals surface area (Å²) >= 11 is 0. The molecule has 0 bridgehead atoms. The van der Waals surface area contributed by atoms with Crippen LogP contribution in [0.15, 0.2) is 66.7 Å². The molecule has 6 nitrogen and oxygen atoms in total. The molecular weight excluding hydrogens is 457 g/mol. The van der Waals surface area contributed by atoms with E-state index in [-0.39, 0.29) is 23.6 Å². The Balaban J connectivity index is 1.59. The van der Waals surface area contributed by atoms with E-state index in [0.717, 1.165) is 17.5 Å². The van der Waals surface area contributed by atoms with E-state index < -0.39 is 22.7 Å². The standard InChI is InChI=1S/C29H24FN3O3/c1-16-8-13-22-20(15-16)29(27(36)32-22)28(19-5-2-3-6-21(19)31-26(28)35)24(23-7-4-14-33(23)29)25(34)17-9-11-18(30)12-10-17/h2-3,5-6,8-13,15,23-24H,4,7,14H2,1H3,(H,31,35)(H,32,36)/t23-,24-,28+,29+/m0/s1. The number of rotatable bonds is 2. The minimum absolute atomic E-state index is 0.246. The summed E-state index contributed by atoms with van der Waals surface area (Å²) in [7, 11) is 0. The number of carbonyl (C=O) groups is 3. The molecule has 2 spiro atoms. The van der Waals surface area contributed by atoms with Gasteiger partial charge in [-0.05, 0) is 68.3 Å². The molecule has 0 aromatic heterocycles. The van der Waals surface area contributed by atoms with Crippen molar-refractivity contribution in [3.05, 3.63) is 94.8 Å². The number of fused-ring (bicyclic) bond motifs is 7. The number of hydrogen-bond acceptors (Lipinski definition) is 4. The van der Waals surface area contributed by atoms with Crippen LogP contribution in [0.25, 0.3) is 0 Å². The Bertz CT molecular complexity index is 1490. The van der Waals surface area contributed by atoms with Crippen LogP contribution in [0.3, 0.4) is 0 Å². The van der Waals surface area contributed by atoms with Crippen LogP contribution in [0, 0.1) is 18.7 Å². The average Bonchev–Trinajstić information content (AvgIpc) is 3.58. The van der Waals surface area contributed by atoms with Gasteiger partial charge >= 0.3 is 0 Å². The van der Waals surface area contributed by atoms with Gasteiger partial charge in [0.2, 0.25) is 5.91 Å². The number of Topliss-reactive ketones (excluding diaryl/α,β-unsaturated/α-hetero) is 1. The molecule has 180 valence electrons. The van der Waals surface area contributed by atoms with Gasteiger partial charge < -0.3 is 10.6 Å². The smallest absolute Gasteiger partial charge is 0.251 e. The van der Waals surface area contributed by atoms with E-state index in [0.29, 0.717) is 35.5 Å². The van der Waals surface area contributed by atoms with Crippen LogP contribution >= 0.6 is 0 Å². The molecule has 4 atom stereocenters. The van der Waals surface area contributed by atoms with Gasteiger partial charge in [-0.1, -0.05) is 35.9 Å². The molecule has 2 fully saturated rings. The Labute approximate surface area is 207 Å². The molecule has 4 aliphatic heterocycles. The summed E-state index contributed by atoms with van der Waals surface area (Å²) in [6.07, 6.45) is 1.50. The van der Waals surface area contributed by atoms with Crippen LogP contribution in [0.1, 0.15) is 39.9 Å². The van der Waals surface area contributed by atoms with Gasteiger partial charge in [-0.3, -0.25) is 19.3 Å². The van der Waals surface area contributed by atoms with Gasteiger partial charge in [0.05, 0.1) is 5.92 Å². The van der Waals surface area contributed by atoms with Gasteiger partial charge in [-0.15, -0.1) is 0 Å². The number of halogens is 1. The summed E-state index contributed by atoms with van der Waals surface area (Å²) in [4.78, 5) is 45.1. The highest BCUT2D eigenvalue weighted by Gasteiger charge is 2.81. The van der Waals surface area contributed by atoms with Crippen LogP contribution in [-0.2, 0) is 20.5 Å². The fourth-order valence-electron chi connectivity index (χ4n) is 7.49. The Morgan fingerprint density at radius 2 is 1.67 bits per heavy atom. The molecule has 2 amide bonds. The maximum absolute atomic E-state index is 14.4. The first kappa shape index (κ1) is 21.4. The van der Waals surface area contributed by atoms with Crippen molar-refractivity contribution in [1.82, 2.24) is 4.90 Å². The third kappa shape index (κ3) is 2.32. The molecule has 36 heavy (non-hydrogen) atoms. The van der Waals surface area contributed by atoms with Crippen LogP contribution in [-0.4, -0.2) is 35.1 Å². The maximum atomic E-state index is 14.4. The van der Waals surface area contributed by atoms with Gasteiger partial charge in [0.25, 0.3) is 5.91 Å². The third-order valence-electron chi connectivity index (χ3n) is 8.66. The zero-order chi connectivity index (χ0) is 24.8. The van der Waals surface area contributed by atoms with Crippen LogP contribution in [0.2, 0.25) is 0 Å². The molecule has 4 heterocycles. The zero-order valence-electron chi connectivity index (χ0n) is 19.7. The normalized spacial score (nSPS) is 29.8. The first-order valence-electron chi connectivity index (χ1n) is 12.3. The first-order chi connectivity index (χ1) is 17.4. The van der Waals surface area contributed by atoms with Crippen LogP contribution < -0.4 is 10.6 Å². The van der Waals surface area contributed by atoms with Gasteiger partial charge in [0.15, 0.2) is 5.78 Å². The second-order valence-electron chi connectivity index (χ2n) is 10.3.